The third-order valence-electron chi connectivity index (χ3n) is 5.21. The van der Waals surface area contributed by atoms with Gasteiger partial charge in [-0.2, -0.15) is 0 Å². The van der Waals surface area contributed by atoms with Crippen molar-refractivity contribution in [2.45, 2.75) is 38.0 Å². The van der Waals surface area contributed by atoms with Crippen LogP contribution in [0.25, 0.3) is 10.9 Å². The van der Waals surface area contributed by atoms with Crippen LogP contribution in [0, 0.1) is 0 Å². The lowest BCUT2D eigenvalue weighted by atomic mass is 10.0. The molecule has 10 nitrogen and oxygen atoms in total. The van der Waals surface area contributed by atoms with Crippen LogP contribution in [0.15, 0.2) is 60.8 Å². The molecule has 178 valence electrons. The number of hydrogen-bond acceptors (Lipinski definition) is 5. The van der Waals surface area contributed by atoms with Crippen molar-refractivity contribution in [3.63, 3.8) is 0 Å². The molecule has 3 aromatic rings. The third kappa shape index (κ3) is 6.83. The molecule has 1 heterocycles. The Morgan fingerprint density at radius 2 is 1.68 bits per heavy atom. The lowest BCUT2D eigenvalue weighted by Gasteiger charge is -2.21. The Balaban J connectivity index is 1.74. The van der Waals surface area contributed by atoms with Gasteiger partial charge < -0.3 is 31.2 Å². The predicted octanol–water partition coefficient (Wildman–Crippen LogP) is 1.84. The number of carboxylic acid groups (broad SMARTS) is 1. The number of alkyl carbamates (subject to hydrolysis) is 1. The summed E-state index contributed by atoms with van der Waals surface area (Å²) < 4.78 is 5.23. The first-order valence-corrected chi connectivity index (χ1v) is 10.7. The minimum Gasteiger partial charge on any atom is -0.480 e. The van der Waals surface area contributed by atoms with E-state index in [2.05, 4.69) is 15.6 Å². The number of primary amides is 1. The summed E-state index contributed by atoms with van der Waals surface area (Å²) in [6.45, 7) is 0.00442. The third-order valence-corrected chi connectivity index (χ3v) is 5.21. The number of carboxylic acids is 1. The molecule has 2 atom stereocenters. The Bertz CT molecular complexity index is 1160. The first-order chi connectivity index (χ1) is 16.3. The van der Waals surface area contributed by atoms with Crippen molar-refractivity contribution >= 4 is 34.8 Å². The van der Waals surface area contributed by atoms with Crippen LogP contribution in [0.4, 0.5) is 4.79 Å². The molecule has 1 aromatic heterocycles. The highest BCUT2D eigenvalue weighted by atomic mass is 16.5. The fourth-order valence-electron chi connectivity index (χ4n) is 3.45. The number of aliphatic carboxylic acids is 1. The Kier molecular flexibility index (Phi) is 8.22. The van der Waals surface area contributed by atoms with Crippen molar-refractivity contribution in [3.05, 3.63) is 71.9 Å². The number of nitrogens with one attached hydrogen (secondary N) is 3. The lowest BCUT2D eigenvalue weighted by molar-refractivity contribution is -0.142. The summed E-state index contributed by atoms with van der Waals surface area (Å²) in [5.74, 6) is -2.72. The number of nitrogens with two attached hydrogens (primary N) is 1. The number of hydrogen-bond donors (Lipinski definition) is 5. The van der Waals surface area contributed by atoms with Crippen LogP contribution in [-0.2, 0) is 32.1 Å². The lowest BCUT2D eigenvalue weighted by Crippen LogP contribution is -2.52. The van der Waals surface area contributed by atoms with Gasteiger partial charge in [-0.1, -0.05) is 48.5 Å². The maximum absolute atomic E-state index is 13.0. The van der Waals surface area contributed by atoms with Crippen LogP contribution < -0.4 is 16.4 Å². The monoisotopic (exact) mass is 466 g/mol. The topological polar surface area (TPSA) is 164 Å². The van der Waals surface area contributed by atoms with Crippen LogP contribution in [0.5, 0.6) is 0 Å². The van der Waals surface area contributed by atoms with E-state index in [1.54, 1.807) is 18.3 Å². The average Bonchev–Trinajstić information content (AvgIpc) is 3.23. The predicted molar refractivity (Wildman–Crippen MR) is 124 cm³/mol. The van der Waals surface area contributed by atoms with Crippen LogP contribution in [0.2, 0.25) is 0 Å². The van der Waals surface area contributed by atoms with Crippen molar-refractivity contribution in [3.8, 4) is 0 Å². The molecular formula is C24H26N4O6. The molecule has 0 radical (unpaired) electrons. The van der Waals surface area contributed by atoms with E-state index >= 15 is 0 Å². The quantitative estimate of drug-likeness (QED) is 0.289. The molecule has 0 aliphatic heterocycles. The Labute approximate surface area is 195 Å². The summed E-state index contributed by atoms with van der Waals surface area (Å²) in [4.78, 5) is 51.2. The van der Waals surface area contributed by atoms with E-state index < -0.39 is 36.0 Å². The van der Waals surface area contributed by atoms with Gasteiger partial charge in [-0.15, -0.1) is 0 Å². The zero-order valence-corrected chi connectivity index (χ0v) is 18.3. The molecule has 6 N–H and O–H groups in total. The minimum atomic E-state index is -1.34. The number of ether oxygens (including phenoxy) is 1. The summed E-state index contributed by atoms with van der Waals surface area (Å²) in [7, 11) is 0. The molecule has 0 unspecified atom stereocenters. The molecule has 0 spiro atoms. The van der Waals surface area contributed by atoms with Gasteiger partial charge in [0.05, 0.1) is 0 Å². The van der Waals surface area contributed by atoms with Gasteiger partial charge in [-0.25, -0.2) is 9.59 Å². The average molecular weight is 466 g/mol. The second-order valence-corrected chi connectivity index (χ2v) is 7.73. The van der Waals surface area contributed by atoms with Crippen molar-refractivity contribution in [2.75, 3.05) is 0 Å². The summed E-state index contributed by atoms with van der Waals surface area (Å²) in [6.07, 6.45) is 0.598. The zero-order chi connectivity index (χ0) is 24.5. The van der Waals surface area contributed by atoms with Crippen molar-refractivity contribution < 1.29 is 29.0 Å². The molecule has 0 fully saturated rings. The summed E-state index contributed by atoms with van der Waals surface area (Å²) in [6, 6.07) is 14.0. The van der Waals surface area contributed by atoms with E-state index in [0.29, 0.717) is 0 Å². The second-order valence-electron chi connectivity index (χ2n) is 7.73. The molecule has 0 saturated carbocycles. The molecular weight excluding hydrogens is 440 g/mol. The van der Waals surface area contributed by atoms with Crippen molar-refractivity contribution in [1.82, 2.24) is 15.6 Å². The number of carbonyl (C=O) groups is 4. The smallest absolute Gasteiger partial charge is 0.408 e. The molecule has 0 bridgehead atoms. The van der Waals surface area contributed by atoms with Gasteiger partial charge in [0.2, 0.25) is 11.8 Å². The molecule has 10 heteroatoms. The first-order valence-electron chi connectivity index (χ1n) is 10.7. The molecule has 3 rings (SSSR count). The van der Waals surface area contributed by atoms with E-state index in [-0.39, 0.29) is 25.9 Å². The largest absolute Gasteiger partial charge is 0.480 e. The van der Waals surface area contributed by atoms with Gasteiger partial charge >= 0.3 is 12.1 Å². The molecule has 0 aliphatic rings. The number of fused-ring (bicyclic) bond motifs is 1. The van der Waals surface area contributed by atoms with E-state index in [1.165, 1.54) is 0 Å². The fourth-order valence-corrected chi connectivity index (χ4v) is 3.45. The van der Waals surface area contributed by atoms with Crippen LogP contribution in [0.1, 0.15) is 24.0 Å². The Morgan fingerprint density at radius 3 is 2.38 bits per heavy atom. The van der Waals surface area contributed by atoms with Crippen LogP contribution in [0.3, 0.4) is 0 Å². The number of H-pyrrole nitrogens is 1. The van der Waals surface area contributed by atoms with Gasteiger partial charge in [-0.3, -0.25) is 9.59 Å². The number of rotatable bonds is 11. The van der Waals surface area contributed by atoms with Gasteiger partial charge in [0.1, 0.15) is 18.7 Å². The van der Waals surface area contributed by atoms with Crippen molar-refractivity contribution in [1.29, 1.82) is 0 Å². The summed E-state index contributed by atoms with van der Waals surface area (Å²) in [5, 5.41) is 15.2. The number of aromatic nitrogens is 1. The molecule has 0 saturated heterocycles. The van der Waals surface area contributed by atoms with Crippen molar-refractivity contribution in [2.24, 2.45) is 5.73 Å². The molecule has 2 aromatic carbocycles. The van der Waals surface area contributed by atoms with E-state index in [4.69, 9.17) is 10.5 Å². The SMILES string of the molecule is NC(=O)CC[C@H](NC(=O)[C@H](Cc1c[nH]c2ccccc12)NC(=O)OCc1ccccc1)C(=O)O. The van der Waals surface area contributed by atoms with Crippen LogP contribution >= 0.6 is 0 Å². The highest BCUT2D eigenvalue weighted by Crippen LogP contribution is 2.19. The molecule has 3 amide bonds. The standard InChI is InChI=1S/C24H26N4O6/c25-21(29)11-10-19(23(31)32)27-22(30)20(12-16-13-26-18-9-5-4-8-17(16)18)28-24(33)34-14-15-6-2-1-3-7-15/h1-9,13,19-20,26H,10-12,14H2,(H2,25,29)(H,27,30)(H,28,33)(H,31,32)/t19-,20-/m0/s1. The number of benzene rings is 2. The van der Waals surface area contributed by atoms with E-state index in [0.717, 1.165) is 22.0 Å². The minimum absolute atomic E-state index is 0.00442. The Hall–Kier alpha value is -4.34. The van der Waals surface area contributed by atoms with Gasteiger partial charge in [0, 0.05) is 29.9 Å². The second kappa shape index (κ2) is 11.5. The molecule has 0 aliphatic carbocycles. The zero-order valence-electron chi connectivity index (χ0n) is 18.3. The maximum Gasteiger partial charge on any atom is 0.408 e. The van der Waals surface area contributed by atoms with Gasteiger partial charge in [-0.05, 0) is 23.6 Å². The van der Waals surface area contributed by atoms with E-state index in [1.807, 2.05) is 42.5 Å². The normalized spacial score (nSPS) is 12.5. The Morgan fingerprint density at radius 1 is 0.971 bits per heavy atom. The number of aromatic amines is 1. The first kappa shape index (κ1) is 24.3. The maximum atomic E-state index is 13.0. The number of para-hydroxylation sites is 1. The summed E-state index contributed by atoms with van der Waals surface area (Å²) in [5.41, 5.74) is 7.48. The number of amides is 3. The highest BCUT2D eigenvalue weighted by molar-refractivity contribution is 5.91. The highest BCUT2D eigenvalue weighted by Gasteiger charge is 2.28. The van der Waals surface area contributed by atoms with Gasteiger partial charge in [0.15, 0.2) is 0 Å². The fraction of sp³-hybridized carbons (Fsp3) is 0.250. The molecule has 34 heavy (non-hydrogen) atoms. The number of carbonyl (C=O) groups excluding carboxylic acids is 3. The summed E-state index contributed by atoms with van der Waals surface area (Å²) >= 11 is 0. The van der Waals surface area contributed by atoms with Crippen LogP contribution in [-0.4, -0.2) is 46.1 Å². The van der Waals surface area contributed by atoms with E-state index in [9.17, 15) is 24.3 Å². The van der Waals surface area contributed by atoms with Gasteiger partial charge in [0.25, 0.3) is 0 Å².